The van der Waals surface area contributed by atoms with Crippen molar-refractivity contribution in [2.24, 2.45) is 5.73 Å². The van der Waals surface area contributed by atoms with Crippen molar-refractivity contribution in [1.82, 2.24) is 9.97 Å². The van der Waals surface area contributed by atoms with E-state index in [9.17, 15) is 5.11 Å². The molecule has 5 heteroatoms. The first-order chi connectivity index (χ1) is 6.16. The first-order valence-corrected chi connectivity index (χ1v) is 4.02. The molecule has 1 atom stereocenters. The van der Waals surface area contributed by atoms with E-state index >= 15 is 0 Å². The van der Waals surface area contributed by atoms with E-state index in [1.54, 1.807) is 6.20 Å². The Kier molecular flexibility index (Phi) is 3.16. The molecule has 3 N–H and O–H groups in total. The molecule has 1 aromatic rings. The van der Waals surface area contributed by atoms with Gasteiger partial charge in [-0.25, -0.2) is 9.97 Å². The summed E-state index contributed by atoms with van der Waals surface area (Å²) in [6.07, 6.45) is 2.33. The summed E-state index contributed by atoms with van der Waals surface area (Å²) in [6, 6.07) is 0. The Labute approximate surface area is 77.2 Å². The molecule has 0 fully saturated rings. The van der Waals surface area contributed by atoms with Crippen LogP contribution >= 0.6 is 0 Å². The number of aliphatic hydroxyl groups excluding tert-OH is 1. The van der Waals surface area contributed by atoms with Gasteiger partial charge in [-0.2, -0.15) is 0 Å². The molecular weight excluding hydrogens is 168 g/mol. The molecule has 0 amide bonds. The Balaban J connectivity index is 3.04. The summed E-state index contributed by atoms with van der Waals surface area (Å²) >= 11 is 0. The van der Waals surface area contributed by atoms with Crippen LogP contribution in [-0.4, -0.2) is 35.7 Å². The molecule has 1 aromatic heterocycles. The maximum Gasteiger partial charge on any atom is 0.137 e. The molecule has 1 heterocycles. The van der Waals surface area contributed by atoms with E-state index in [0.29, 0.717) is 11.4 Å². The van der Waals surface area contributed by atoms with Crippen LogP contribution in [0.15, 0.2) is 12.5 Å². The summed E-state index contributed by atoms with van der Waals surface area (Å²) in [4.78, 5) is 9.71. The largest absolute Gasteiger partial charge is 0.387 e. The van der Waals surface area contributed by atoms with E-state index in [-0.39, 0.29) is 6.54 Å². The van der Waals surface area contributed by atoms with Crippen molar-refractivity contribution in [3.05, 3.63) is 18.1 Å². The highest BCUT2D eigenvalue weighted by atomic mass is 16.3. The highest BCUT2D eigenvalue weighted by Gasteiger charge is 2.12. The van der Waals surface area contributed by atoms with Crippen molar-refractivity contribution in [3.63, 3.8) is 0 Å². The molecular formula is C8H14N4O. The molecule has 0 saturated heterocycles. The van der Waals surface area contributed by atoms with Gasteiger partial charge >= 0.3 is 0 Å². The Morgan fingerprint density at radius 3 is 2.85 bits per heavy atom. The third-order valence-electron chi connectivity index (χ3n) is 1.72. The predicted molar refractivity (Wildman–Crippen MR) is 50.4 cm³/mol. The van der Waals surface area contributed by atoms with Crippen molar-refractivity contribution in [2.75, 3.05) is 25.5 Å². The average molecular weight is 182 g/mol. The second-order valence-electron chi connectivity index (χ2n) is 2.95. The van der Waals surface area contributed by atoms with E-state index in [1.807, 2.05) is 19.0 Å². The molecule has 1 rings (SSSR count). The lowest BCUT2D eigenvalue weighted by atomic mass is 10.2. The van der Waals surface area contributed by atoms with Crippen LogP contribution in [0.4, 0.5) is 5.82 Å². The molecule has 0 bridgehead atoms. The first-order valence-electron chi connectivity index (χ1n) is 4.02. The molecule has 1 unspecified atom stereocenters. The topological polar surface area (TPSA) is 75.3 Å². The summed E-state index contributed by atoms with van der Waals surface area (Å²) in [7, 11) is 3.71. The standard InChI is InChI=1S/C8H14N4O/c1-12(2)8-6(7(13)3-9)4-10-5-11-8/h4-5,7,13H,3,9H2,1-2H3. The molecule has 0 spiro atoms. The van der Waals surface area contributed by atoms with Crippen molar-refractivity contribution in [1.29, 1.82) is 0 Å². The average Bonchev–Trinajstić information content (AvgIpc) is 2.16. The van der Waals surface area contributed by atoms with Crippen LogP contribution in [0.5, 0.6) is 0 Å². The van der Waals surface area contributed by atoms with Gasteiger partial charge in [-0.15, -0.1) is 0 Å². The molecule has 13 heavy (non-hydrogen) atoms. The smallest absolute Gasteiger partial charge is 0.137 e. The van der Waals surface area contributed by atoms with Crippen LogP contribution in [-0.2, 0) is 0 Å². The summed E-state index contributed by atoms with van der Waals surface area (Å²) in [5, 5.41) is 9.53. The number of aliphatic hydroxyl groups is 1. The number of nitrogens with zero attached hydrogens (tertiary/aromatic N) is 3. The van der Waals surface area contributed by atoms with Crippen LogP contribution in [0, 0.1) is 0 Å². The minimum absolute atomic E-state index is 0.175. The highest BCUT2D eigenvalue weighted by Crippen LogP contribution is 2.19. The van der Waals surface area contributed by atoms with Gasteiger partial charge in [0.25, 0.3) is 0 Å². The Hall–Kier alpha value is -1.20. The minimum atomic E-state index is -0.696. The summed E-state index contributed by atoms with van der Waals surface area (Å²) < 4.78 is 0. The van der Waals surface area contributed by atoms with Gasteiger partial charge in [0.05, 0.1) is 6.10 Å². The Morgan fingerprint density at radius 1 is 1.62 bits per heavy atom. The lowest BCUT2D eigenvalue weighted by Gasteiger charge is -2.17. The summed E-state index contributed by atoms with van der Waals surface area (Å²) in [6.45, 7) is 0.175. The van der Waals surface area contributed by atoms with E-state index in [0.717, 1.165) is 0 Å². The number of nitrogens with two attached hydrogens (primary N) is 1. The van der Waals surface area contributed by atoms with Gasteiger partial charge in [-0.3, -0.25) is 0 Å². The quantitative estimate of drug-likeness (QED) is 0.661. The molecule has 72 valence electrons. The number of rotatable bonds is 3. The van der Waals surface area contributed by atoms with Gasteiger partial charge in [-0.1, -0.05) is 0 Å². The molecule has 0 aromatic carbocycles. The highest BCUT2D eigenvalue weighted by molar-refractivity contribution is 5.45. The fourth-order valence-corrected chi connectivity index (χ4v) is 1.07. The van der Waals surface area contributed by atoms with Crippen molar-refractivity contribution in [3.8, 4) is 0 Å². The van der Waals surface area contributed by atoms with Crippen LogP contribution in [0.2, 0.25) is 0 Å². The fraction of sp³-hybridized carbons (Fsp3) is 0.500. The van der Waals surface area contributed by atoms with Crippen LogP contribution in [0.3, 0.4) is 0 Å². The van der Waals surface area contributed by atoms with Crippen molar-refractivity contribution >= 4 is 5.82 Å². The van der Waals surface area contributed by atoms with Gasteiger partial charge in [0.15, 0.2) is 0 Å². The van der Waals surface area contributed by atoms with Gasteiger partial charge in [0.1, 0.15) is 12.1 Å². The number of anilines is 1. The SMILES string of the molecule is CN(C)c1ncncc1C(O)CN. The molecule has 0 saturated carbocycles. The number of hydrogen-bond donors (Lipinski definition) is 2. The fourth-order valence-electron chi connectivity index (χ4n) is 1.07. The third-order valence-corrected chi connectivity index (χ3v) is 1.72. The minimum Gasteiger partial charge on any atom is -0.387 e. The molecule has 5 nitrogen and oxygen atoms in total. The molecule has 0 radical (unpaired) electrons. The summed E-state index contributed by atoms with van der Waals surface area (Å²) in [5.74, 6) is 0.702. The van der Waals surface area contributed by atoms with Gasteiger partial charge in [-0.05, 0) is 0 Å². The normalized spacial score (nSPS) is 12.6. The van der Waals surface area contributed by atoms with E-state index in [2.05, 4.69) is 9.97 Å². The lowest BCUT2D eigenvalue weighted by molar-refractivity contribution is 0.186. The van der Waals surface area contributed by atoms with Gasteiger partial charge in [0, 0.05) is 32.4 Å². The van der Waals surface area contributed by atoms with Crippen molar-refractivity contribution in [2.45, 2.75) is 6.10 Å². The van der Waals surface area contributed by atoms with Gasteiger partial charge < -0.3 is 15.7 Å². The number of hydrogen-bond acceptors (Lipinski definition) is 5. The molecule has 0 aliphatic heterocycles. The zero-order valence-electron chi connectivity index (χ0n) is 7.81. The van der Waals surface area contributed by atoms with Crippen LogP contribution in [0.1, 0.15) is 11.7 Å². The number of aromatic nitrogens is 2. The Bertz CT molecular complexity index is 277. The van der Waals surface area contributed by atoms with Crippen molar-refractivity contribution < 1.29 is 5.11 Å². The zero-order chi connectivity index (χ0) is 9.84. The maximum atomic E-state index is 9.53. The van der Waals surface area contributed by atoms with Crippen LogP contribution < -0.4 is 10.6 Å². The second-order valence-corrected chi connectivity index (χ2v) is 2.95. The van der Waals surface area contributed by atoms with E-state index in [4.69, 9.17) is 5.73 Å². The van der Waals surface area contributed by atoms with Crippen LogP contribution in [0.25, 0.3) is 0 Å². The summed E-state index contributed by atoms with van der Waals surface area (Å²) in [5.41, 5.74) is 6.01. The van der Waals surface area contributed by atoms with E-state index in [1.165, 1.54) is 6.33 Å². The monoisotopic (exact) mass is 182 g/mol. The van der Waals surface area contributed by atoms with E-state index < -0.39 is 6.10 Å². The molecule has 0 aliphatic rings. The zero-order valence-corrected chi connectivity index (χ0v) is 7.81. The van der Waals surface area contributed by atoms with Gasteiger partial charge in [0.2, 0.25) is 0 Å². The maximum absolute atomic E-state index is 9.53. The lowest BCUT2D eigenvalue weighted by Crippen LogP contribution is -2.19. The second kappa shape index (κ2) is 4.15. The Morgan fingerprint density at radius 2 is 2.31 bits per heavy atom. The molecule has 0 aliphatic carbocycles. The first kappa shape index (κ1) is 9.88. The third kappa shape index (κ3) is 2.13. The predicted octanol–water partition coefficient (Wildman–Crippen LogP) is -0.465.